The quantitative estimate of drug-likeness (QED) is 0.675. The van der Waals surface area contributed by atoms with Crippen molar-refractivity contribution in [1.82, 2.24) is 4.31 Å². The van der Waals surface area contributed by atoms with E-state index in [1.54, 1.807) is 0 Å². The lowest BCUT2D eigenvalue weighted by Crippen LogP contribution is -2.41. The zero-order valence-corrected chi connectivity index (χ0v) is 21.4. The molecule has 1 N–H and O–H groups in total. The lowest BCUT2D eigenvalue weighted by atomic mass is 9.95. The molecule has 1 aliphatic carbocycles. The fraction of sp³-hybridized carbons (Fsp3) is 0.520. The molecule has 2 aliphatic rings. The second-order valence-electron chi connectivity index (χ2n) is 9.28. The summed E-state index contributed by atoms with van der Waals surface area (Å²) in [7, 11) is -3.63. The van der Waals surface area contributed by atoms with Crippen molar-refractivity contribution in [1.29, 1.82) is 5.26 Å². The summed E-state index contributed by atoms with van der Waals surface area (Å²) in [5, 5.41) is 13.3. The fourth-order valence-electron chi connectivity index (χ4n) is 5.04. The highest BCUT2D eigenvalue weighted by atomic mass is 32.2. The highest BCUT2D eigenvalue weighted by Crippen LogP contribution is 2.38. The topological polar surface area (TPSA) is 90.3 Å². The average Bonchev–Trinajstić information content (AvgIpc) is 3.14. The summed E-state index contributed by atoms with van der Waals surface area (Å²) in [5.41, 5.74) is 5.25. The Morgan fingerprint density at radius 3 is 2.30 bits per heavy atom. The Labute approximate surface area is 200 Å². The first-order valence-electron chi connectivity index (χ1n) is 11.6. The third-order valence-corrected chi connectivity index (χ3v) is 10.6. The molecule has 0 radical (unpaired) electrons. The number of benzene rings is 1. The summed E-state index contributed by atoms with van der Waals surface area (Å²) < 4.78 is 28.5. The van der Waals surface area contributed by atoms with Crippen molar-refractivity contribution in [2.75, 3.05) is 18.4 Å². The summed E-state index contributed by atoms with van der Waals surface area (Å²) in [5.74, 6) is -0.371. The van der Waals surface area contributed by atoms with Gasteiger partial charge in [-0.05, 0) is 94.0 Å². The number of nitrogens with zero attached hydrogens (tertiary/aromatic N) is 2. The zero-order chi connectivity index (χ0) is 23.9. The van der Waals surface area contributed by atoms with Crippen LogP contribution in [0.2, 0.25) is 0 Å². The molecule has 0 unspecified atom stereocenters. The van der Waals surface area contributed by atoms with Gasteiger partial charge in [0.2, 0.25) is 15.9 Å². The van der Waals surface area contributed by atoms with Gasteiger partial charge in [-0.3, -0.25) is 4.79 Å². The summed E-state index contributed by atoms with van der Waals surface area (Å²) in [6.45, 7) is 8.24. The van der Waals surface area contributed by atoms with Crippen LogP contribution in [0.15, 0.2) is 11.0 Å². The Kier molecular flexibility index (Phi) is 6.68. The van der Waals surface area contributed by atoms with Crippen molar-refractivity contribution in [2.24, 2.45) is 5.92 Å². The maximum absolute atomic E-state index is 13.5. The van der Waals surface area contributed by atoms with Crippen molar-refractivity contribution < 1.29 is 13.2 Å². The second-order valence-corrected chi connectivity index (χ2v) is 12.3. The number of hydrogen-bond acceptors (Lipinski definition) is 5. The maximum atomic E-state index is 13.5. The van der Waals surface area contributed by atoms with E-state index in [2.05, 4.69) is 11.4 Å². The van der Waals surface area contributed by atoms with Crippen LogP contribution in [-0.2, 0) is 27.7 Å². The first-order chi connectivity index (χ1) is 15.6. The molecule has 4 rings (SSSR count). The number of carbonyl (C=O) groups excluding carboxylic acids is 1. The van der Waals surface area contributed by atoms with E-state index >= 15 is 0 Å². The minimum absolute atomic E-state index is 0.110. The van der Waals surface area contributed by atoms with Gasteiger partial charge in [-0.25, -0.2) is 8.42 Å². The predicted octanol–water partition coefficient (Wildman–Crippen LogP) is 4.77. The van der Waals surface area contributed by atoms with E-state index in [1.807, 2.05) is 33.8 Å². The van der Waals surface area contributed by atoms with E-state index in [4.69, 9.17) is 0 Å². The van der Waals surface area contributed by atoms with Crippen molar-refractivity contribution in [3.8, 4) is 6.07 Å². The van der Waals surface area contributed by atoms with Crippen LogP contribution in [0.5, 0.6) is 0 Å². The number of rotatable bonds is 4. The molecular formula is C25H31N3O3S2. The van der Waals surface area contributed by atoms with Crippen molar-refractivity contribution in [2.45, 2.75) is 71.1 Å². The standard InChI is InChI=1S/C25H31N3O3S2/c1-15-13-16(2)18(4)23(17(15)3)33(30,31)28-11-9-19(10-12-28)24(29)27-25-21(14-26)20-7-5-6-8-22(20)32-25/h13,19H,5-12H2,1-4H3,(H,27,29). The largest absolute Gasteiger partial charge is 0.316 e. The van der Waals surface area contributed by atoms with Crippen LogP contribution in [0.1, 0.15) is 63.9 Å². The number of sulfonamides is 1. The summed E-state index contributed by atoms with van der Waals surface area (Å²) >= 11 is 1.53. The number of carbonyl (C=O) groups is 1. The summed E-state index contributed by atoms with van der Waals surface area (Å²) in [6.07, 6.45) is 5.02. The Hall–Kier alpha value is -2.21. The first kappa shape index (κ1) is 23.9. The smallest absolute Gasteiger partial charge is 0.243 e. The molecule has 1 amide bonds. The predicted molar refractivity (Wildman–Crippen MR) is 131 cm³/mol. The Morgan fingerprint density at radius 1 is 1.09 bits per heavy atom. The van der Waals surface area contributed by atoms with Crippen molar-refractivity contribution >= 4 is 32.3 Å². The minimum atomic E-state index is -3.63. The fourth-order valence-corrected chi connectivity index (χ4v) is 8.33. The highest BCUT2D eigenvalue weighted by Gasteiger charge is 2.35. The number of nitrogens with one attached hydrogen (secondary N) is 1. The van der Waals surface area contributed by atoms with Gasteiger partial charge in [-0.1, -0.05) is 6.07 Å². The molecule has 176 valence electrons. The molecule has 1 aromatic heterocycles. The van der Waals surface area contributed by atoms with Gasteiger partial charge in [0.1, 0.15) is 11.1 Å². The summed E-state index contributed by atoms with van der Waals surface area (Å²) in [6, 6.07) is 4.31. The number of thiophene rings is 1. The molecule has 1 aromatic carbocycles. The molecule has 0 saturated carbocycles. The second kappa shape index (κ2) is 9.21. The number of hydrogen-bond donors (Lipinski definition) is 1. The normalized spacial score (nSPS) is 17.4. The molecular weight excluding hydrogens is 454 g/mol. The number of aryl methyl sites for hydroxylation is 3. The van der Waals surface area contributed by atoms with Gasteiger partial charge in [0, 0.05) is 23.9 Å². The molecule has 1 aliphatic heterocycles. The molecule has 0 spiro atoms. The Bertz CT molecular complexity index is 1220. The molecule has 33 heavy (non-hydrogen) atoms. The molecule has 8 heteroatoms. The molecule has 0 bridgehead atoms. The van der Waals surface area contributed by atoms with E-state index in [1.165, 1.54) is 20.5 Å². The molecule has 1 saturated heterocycles. The van der Waals surface area contributed by atoms with Crippen molar-refractivity contribution in [3.63, 3.8) is 0 Å². The third-order valence-electron chi connectivity index (χ3n) is 7.24. The highest BCUT2D eigenvalue weighted by molar-refractivity contribution is 7.89. The van der Waals surface area contributed by atoms with Crippen LogP contribution in [0, 0.1) is 44.9 Å². The Balaban J connectivity index is 1.47. The van der Waals surface area contributed by atoms with Gasteiger partial charge >= 0.3 is 0 Å². The van der Waals surface area contributed by atoms with Gasteiger partial charge in [0.25, 0.3) is 0 Å². The number of fused-ring (bicyclic) bond motifs is 1. The van der Waals surface area contributed by atoms with E-state index in [0.29, 0.717) is 41.4 Å². The monoisotopic (exact) mass is 485 g/mol. The minimum Gasteiger partial charge on any atom is -0.316 e. The van der Waals surface area contributed by atoms with E-state index in [0.717, 1.165) is 53.5 Å². The molecule has 1 fully saturated rings. The molecule has 6 nitrogen and oxygen atoms in total. The lowest BCUT2D eigenvalue weighted by molar-refractivity contribution is -0.120. The SMILES string of the molecule is Cc1cc(C)c(C)c(S(=O)(=O)N2CCC(C(=O)Nc3sc4c(c3C#N)CCCC4)CC2)c1C. The van der Waals surface area contributed by atoms with Crippen LogP contribution in [-0.4, -0.2) is 31.7 Å². The van der Waals surface area contributed by atoms with Crippen LogP contribution in [0.25, 0.3) is 0 Å². The van der Waals surface area contributed by atoms with Crippen LogP contribution in [0.3, 0.4) is 0 Å². The lowest BCUT2D eigenvalue weighted by Gasteiger charge is -2.31. The van der Waals surface area contributed by atoms with Crippen LogP contribution >= 0.6 is 11.3 Å². The van der Waals surface area contributed by atoms with Crippen molar-refractivity contribution in [3.05, 3.63) is 44.3 Å². The van der Waals surface area contributed by atoms with Gasteiger partial charge in [0.15, 0.2) is 0 Å². The van der Waals surface area contributed by atoms with Gasteiger partial charge in [-0.2, -0.15) is 9.57 Å². The average molecular weight is 486 g/mol. The number of amides is 1. The van der Waals surface area contributed by atoms with Gasteiger partial charge < -0.3 is 5.32 Å². The molecule has 0 atom stereocenters. The Morgan fingerprint density at radius 2 is 1.70 bits per heavy atom. The number of anilines is 1. The van der Waals surface area contributed by atoms with Crippen LogP contribution in [0.4, 0.5) is 5.00 Å². The third kappa shape index (κ3) is 4.34. The van der Waals surface area contributed by atoms with E-state index < -0.39 is 10.0 Å². The number of piperidine rings is 1. The first-order valence-corrected chi connectivity index (χ1v) is 13.8. The molecule has 2 aromatic rings. The van der Waals surface area contributed by atoms with Gasteiger partial charge in [0.05, 0.1) is 10.5 Å². The van der Waals surface area contributed by atoms with E-state index in [9.17, 15) is 18.5 Å². The summed E-state index contributed by atoms with van der Waals surface area (Å²) in [4.78, 5) is 14.6. The van der Waals surface area contributed by atoms with Gasteiger partial charge in [-0.15, -0.1) is 11.3 Å². The molecule has 2 heterocycles. The van der Waals surface area contributed by atoms with Crippen LogP contribution < -0.4 is 5.32 Å². The van der Waals surface area contributed by atoms with E-state index in [-0.39, 0.29) is 11.8 Å². The maximum Gasteiger partial charge on any atom is 0.243 e. The zero-order valence-electron chi connectivity index (χ0n) is 19.7. The number of nitriles is 1.